The Morgan fingerprint density at radius 2 is 1.73 bits per heavy atom. The van der Waals surface area contributed by atoms with Gasteiger partial charge in [0, 0.05) is 42.3 Å². The number of hydrogen-bond acceptors (Lipinski definition) is 8. The molecule has 2 heterocycles. The van der Waals surface area contributed by atoms with E-state index in [9.17, 15) is 36.8 Å². The molecule has 0 aromatic heterocycles. The Morgan fingerprint density at radius 1 is 1.02 bits per heavy atom. The van der Waals surface area contributed by atoms with E-state index in [2.05, 4.69) is 21.9 Å². The molecule has 0 unspecified atom stereocenters. The van der Waals surface area contributed by atoms with Gasteiger partial charge >= 0.3 is 6.09 Å². The molecule has 13 nitrogen and oxygen atoms in total. The Labute approximate surface area is 321 Å². The van der Waals surface area contributed by atoms with E-state index < -0.39 is 74.7 Å². The van der Waals surface area contributed by atoms with Gasteiger partial charge in [0.15, 0.2) is 0 Å². The van der Waals surface area contributed by atoms with Gasteiger partial charge in [-0.05, 0) is 69.7 Å². The molecule has 0 bridgehead atoms. The molecular weight excluding hydrogens is 730 g/mol. The molecule has 2 aliphatic carbocycles. The van der Waals surface area contributed by atoms with Crippen LogP contribution in [0, 0.1) is 23.6 Å². The Bertz CT molecular complexity index is 1950. The molecule has 5 atom stereocenters. The molecule has 2 aromatic rings. The molecular formula is C40H50FN5O8S. The summed E-state index contributed by atoms with van der Waals surface area (Å²) in [5.41, 5.74) is -1.16. The standard InChI is InChI=1S/C40H50FN5O8S/c1-5-27-21-40(27,37(50)44-55(52,53)29-16-10-7-11-17-29)43-35(48)33-19-28(54-38(51)45-22-26-15-12-18-32(41)31(26)24-45)23-46(33)36(49)30(25-13-8-6-9-14-25)20-34(47)42-39(2,3)4/h5,7,10-12,15-18,25,27-28,30,33H,1,6,8-9,13-14,19-24H2,2-4H3,(H,42,47)(H,43,48)(H,44,50)/t27-,28-,30-,33+,40+/m1/s1. The second kappa shape index (κ2) is 15.8. The first-order chi connectivity index (χ1) is 26.0. The summed E-state index contributed by atoms with van der Waals surface area (Å²) in [5.74, 6) is -4.35. The van der Waals surface area contributed by atoms with Gasteiger partial charge in [0.05, 0.1) is 18.0 Å². The second-order valence-corrected chi connectivity index (χ2v) is 17.9. The third kappa shape index (κ3) is 8.87. The number of likely N-dealkylation sites (tertiary alicyclic amines) is 1. The van der Waals surface area contributed by atoms with Crippen molar-refractivity contribution in [3.05, 3.63) is 78.1 Å². The van der Waals surface area contributed by atoms with Crippen molar-refractivity contribution in [1.29, 1.82) is 0 Å². The zero-order chi connectivity index (χ0) is 39.7. The smallest absolute Gasteiger partial charge is 0.410 e. The number of fused-ring (bicyclic) bond motifs is 1. The summed E-state index contributed by atoms with van der Waals surface area (Å²) in [7, 11) is -4.29. The van der Waals surface area contributed by atoms with Gasteiger partial charge in [0.25, 0.3) is 15.9 Å². The zero-order valence-corrected chi connectivity index (χ0v) is 32.3. The molecule has 15 heteroatoms. The number of sulfonamides is 1. The highest BCUT2D eigenvalue weighted by atomic mass is 32.2. The minimum absolute atomic E-state index is 0.000769. The first-order valence-electron chi connectivity index (χ1n) is 18.9. The summed E-state index contributed by atoms with van der Waals surface area (Å²) in [6, 6.07) is 10.7. The molecule has 6 rings (SSSR count). The maximum atomic E-state index is 14.7. The van der Waals surface area contributed by atoms with Crippen molar-refractivity contribution in [3.63, 3.8) is 0 Å². The number of hydrogen-bond donors (Lipinski definition) is 3. The zero-order valence-electron chi connectivity index (χ0n) is 31.5. The monoisotopic (exact) mass is 779 g/mol. The third-order valence-electron chi connectivity index (χ3n) is 11.1. The molecule has 5 amide bonds. The van der Waals surface area contributed by atoms with Crippen LogP contribution in [-0.2, 0) is 47.0 Å². The molecule has 2 aliphatic heterocycles. The van der Waals surface area contributed by atoms with Gasteiger partial charge in [-0.1, -0.05) is 55.7 Å². The number of carbonyl (C=O) groups excluding carboxylic acids is 5. The van der Waals surface area contributed by atoms with Crippen molar-refractivity contribution in [2.75, 3.05) is 6.54 Å². The van der Waals surface area contributed by atoms with Crippen LogP contribution in [0.15, 0.2) is 66.1 Å². The molecule has 296 valence electrons. The lowest BCUT2D eigenvalue weighted by Gasteiger charge is -2.35. The number of nitrogens with zero attached hydrogens (tertiary/aromatic N) is 2. The first kappa shape index (κ1) is 39.9. The number of benzene rings is 2. The molecule has 3 N–H and O–H groups in total. The number of halogens is 1. The average molecular weight is 780 g/mol. The molecule has 4 aliphatic rings. The summed E-state index contributed by atoms with van der Waals surface area (Å²) < 4.78 is 48.7. The van der Waals surface area contributed by atoms with Gasteiger partial charge in [0.2, 0.25) is 17.7 Å². The minimum atomic E-state index is -4.29. The maximum absolute atomic E-state index is 14.7. The Kier molecular flexibility index (Phi) is 11.4. The van der Waals surface area contributed by atoms with Crippen LogP contribution in [0.5, 0.6) is 0 Å². The molecule has 0 spiro atoms. The van der Waals surface area contributed by atoms with Crippen LogP contribution in [0.3, 0.4) is 0 Å². The van der Waals surface area contributed by atoms with Crippen LogP contribution >= 0.6 is 0 Å². The average Bonchev–Trinajstić information content (AvgIpc) is 3.43. The maximum Gasteiger partial charge on any atom is 0.410 e. The normalized spacial score (nSPS) is 24.3. The second-order valence-electron chi connectivity index (χ2n) is 16.2. The molecule has 2 aromatic carbocycles. The van der Waals surface area contributed by atoms with Crippen LogP contribution < -0.4 is 15.4 Å². The fourth-order valence-corrected chi connectivity index (χ4v) is 9.24. The summed E-state index contributed by atoms with van der Waals surface area (Å²) in [6.07, 6.45) is 3.88. The van der Waals surface area contributed by atoms with E-state index in [0.29, 0.717) is 11.1 Å². The Morgan fingerprint density at radius 3 is 2.36 bits per heavy atom. The number of nitrogens with one attached hydrogen (secondary N) is 3. The lowest BCUT2D eigenvalue weighted by molar-refractivity contribution is -0.146. The Balaban J connectivity index is 1.25. The summed E-state index contributed by atoms with van der Waals surface area (Å²) in [4.78, 5) is 72.1. The summed E-state index contributed by atoms with van der Waals surface area (Å²) in [6.45, 7) is 9.28. The number of amides is 5. The van der Waals surface area contributed by atoms with Gasteiger partial charge in [-0.25, -0.2) is 22.3 Å². The number of rotatable bonds is 11. The van der Waals surface area contributed by atoms with Crippen molar-refractivity contribution >= 4 is 39.7 Å². The molecule has 0 radical (unpaired) electrons. The lowest BCUT2D eigenvalue weighted by Crippen LogP contribution is -2.57. The predicted molar refractivity (Wildman–Crippen MR) is 200 cm³/mol. The van der Waals surface area contributed by atoms with Gasteiger partial charge in [-0.2, -0.15) is 0 Å². The van der Waals surface area contributed by atoms with E-state index in [-0.39, 0.29) is 55.6 Å². The molecule has 2 saturated carbocycles. The van der Waals surface area contributed by atoms with Gasteiger partial charge in [-0.15, -0.1) is 6.58 Å². The van der Waals surface area contributed by atoms with Crippen molar-refractivity contribution in [2.24, 2.45) is 17.8 Å². The highest BCUT2D eigenvalue weighted by molar-refractivity contribution is 7.90. The fraction of sp³-hybridized carbons (Fsp3) is 0.525. The van der Waals surface area contributed by atoms with Crippen molar-refractivity contribution in [1.82, 2.24) is 25.2 Å². The fourth-order valence-electron chi connectivity index (χ4n) is 8.19. The van der Waals surface area contributed by atoms with Gasteiger partial charge < -0.3 is 20.3 Å². The van der Waals surface area contributed by atoms with Crippen LogP contribution in [0.4, 0.5) is 9.18 Å². The summed E-state index contributed by atoms with van der Waals surface area (Å²) >= 11 is 0. The van der Waals surface area contributed by atoms with E-state index in [4.69, 9.17) is 4.74 Å². The quantitative estimate of drug-likeness (QED) is 0.283. The van der Waals surface area contributed by atoms with Crippen LogP contribution in [0.1, 0.15) is 83.3 Å². The first-order valence-corrected chi connectivity index (χ1v) is 20.4. The topological polar surface area (TPSA) is 171 Å². The highest BCUT2D eigenvalue weighted by Crippen LogP contribution is 2.45. The van der Waals surface area contributed by atoms with E-state index in [0.717, 1.165) is 32.1 Å². The van der Waals surface area contributed by atoms with E-state index in [1.165, 1.54) is 46.2 Å². The Hall–Kier alpha value is -4.79. The predicted octanol–water partition coefficient (Wildman–Crippen LogP) is 4.31. The number of carbonyl (C=O) groups is 5. The lowest BCUT2D eigenvalue weighted by atomic mass is 9.77. The minimum Gasteiger partial charge on any atom is -0.444 e. The molecule has 3 fully saturated rings. The van der Waals surface area contributed by atoms with Gasteiger partial charge in [0.1, 0.15) is 23.5 Å². The van der Waals surface area contributed by atoms with E-state index in [1.54, 1.807) is 18.2 Å². The molecule has 1 saturated heterocycles. The largest absolute Gasteiger partial charge is 0.444 e. The van der Waals surface area contributed by atoms with Crippen molar-refractivity contribution in [3.8, 4) is 0 Å². The number of ether oxygens (including phenoxy) is 1. The molecule has 55 heavy (non-hydrogen) atoms. The van der Waals surface area contributed by atoms with E-state index >= 15 is 0 Å². The third-order valence-corrected chi connectivity index (χ3v) is 12.4. The van der Waals surface area contributed by atoms with E-state index in [1.807, 2.05) is 20.8 Å². The SMILES string of the molecule is C=C[C@@H]1C[C@@]1(NC(=O)[C@@H]1C[C@@H](OC(=O)N2Cc3cccc(F)c3C2)CN1C(=O)[C@H](CC(=O)NC(C)(C)C)C1CCCCC1)C(=O)NS(=O)(=O)c1ccccc1. The van der Waals surface area contributed by atoms with Crippen molar-refractivity contribution < 1.29 is 41.5 Å². The van der Waals surface area contributed by atoms with Crippen LogP contribution in [0.25, 0.3) is 0 Å². The van der Waals surface area contributed by atoms with Crippen LogP contribution in [-0.4, -0.2) is 77.7 Å². The highest BCUT2D eigenvalue weighted by Gasteiger charge is 2.61. The summed E-state index contributed by atoms with van der Waals surface area (Å²) in [5, 5.41) is 5.70. The van der Waals surface area contributed by atoms with Crippen LogP contribution in [0.2, 0.25) is 0 Å². The van der Waals surface area contributed by atoms with Gasteiger partial charge in [-0.3, -0.25) is 24.1 Å². The van der Waals surface area contributed by atoms with Crippen molar-refractivity contribution in [2.45, 2.75) is 113 Å².